The first-order valence-electron chi connectivity index (χ1n) is 4.44. The highest BCUT2D eigenvalue weighted by atomic mass is 32.2. The van der Waals surface area contributed by atoms with Crippen LogP contribution in [-0.4, -0.2) is 5.75 Å². The van der Waals surface area contributed by atoms with Crippen molar-refractivity contribution in [2.45, 2.75) is 38.5 Å². The summed E-state index contributed by atoms with van der Waals surface area (Å²) in [6.45, 7) is 0. The van der Waals surface area contributed by atoms with Gasteiger partial charge in [0.1, 0.15) is 5.40 Å². The fourth-order valence-electron chi connectivity index (χ4n) is 1.75. The van der Waals surface area contributed by atoms with Crippen molar-refractivity contribution < 1.29 is 0 Å². The van der Waals surface area contributed by atoms with Crippen LogP contribution in [0.25, 0.3) is 0 Å². The van der Waals surface area contributed by atoms with Crippen LogP contribution in [0.1, 0.15) is 38.5 Å². The molecule has 0 aromatic rings. The lowest BCUT2D eigenvalue weighted by molar-refractivity contribution is 0.352. The molecule has 0 radical (unpaired) electrons. The van der Waals surface area contributed by atoms with Crippen molar-refractivity contribution in [2.24, 2.45) is 5.92 Å². The molecule has 0 saturated heterocycles. The van der Waals surface area contributed by atoms with Crippen molar-refractivity contribution in [3.8, 4) is 5.40 Å². The highest BCUT2D eigenvalue weighted by Gasteiger charge is 2.12. The molecule has 1 fully saturated rings. The highest BCUT2D eigenvalue weighted by Crippen LogP contribution is 2.27. The predicted molar refractivity (Wildman–Crippen MR) is 49.3 cm³/mol. The summed E-state index contributed by atoms with van der Waals surface area (Å²) in [6, 6.07) is 0. The van der Waals surface area contributed by atoms with Gasteiger partial charge in [-0.05, 0) is 24.1 Å². The van der Waals surface area contributed by atoms with E-state index >= 15 is 0 Å². The summed E-state index contributed by atoms with van der Waals surface area (Å²) in [7, 11) is 0. The van der Waals surface area contributed by atoms with Crippen LogP contribution in [-0.2, 0) is 0 Å². The van der Waals surface area contributed by atoms with Crippen LogP contribution in [0, 0.1) is 16.6 Å². The Morgan fingerprint density at radius 1 is 1.27 bits per heavy atom. The summed E-state index contributed by atoms with van der Waals surface area (Å²) in [5.74, 6) is 1.98. The summed E-state index contributed by atoms with van der Waals surface area (Å²) in [5, 5.41) is 10.4. The van der Waals surface area contributed by atoms with Crippen LogP contribution in [0.15, 0.2) is 0 Å². The van der Waals surface area contributed by atoms with Gasteiger partial charge in [0, 0.05) is 5.75 Å². The van der Waals surface area contributed by atoms with Gasteiger partial charge in [-0.3, -0.25) is 0 Å². The molecule has 1 aliphatic carbocycles. The van der Waals surface area contributed by atoms with Gasteiger partial charge >= 0.3 is 0 Å². The number of thioether (sulfide) groups is 1. The Morgan fingerprint density at radius 2 is 2.00 bits per heavy atom. The lowest BCUT2D eigenvalue weighted by Gasteiger charge is -2.20. The molecule has 62 valence electrons. The van der Waals surface area contributed by atoms with E-state index in [1.165, 1.54) is 50.3 Å². The van der Waals surface area contributed by atoms with Gasteiger partial charge in [0.2, 0.25) is 0 Å². The minimum Gasteiger partial charge on any atom is -0.185 e. The molecule has 0 bridgehead atoms. The summed E-state index contributed by atoms with van der Waals surface area (Å²) in [4.78, 5) is 0. The second kappa shape index (κ2) is 5.49. The molecule has 0 aromatic heterocycles. The van der Waals surface area contributed by atoms with Crippen LogP contribution in [0.4, 0.5) is 0 Å². The van der Waals surface area contributed by atoms with Crippen molar-refractivity contribution in [3.63, 3.8) is 0 Å². The predicted octanol–water partition coefficient (Wildman–Crippen LogP) is 3.17. The van der Waals surface area contributed by atoms with E-state index in [1.54, 1.807) is 0 Å². The summed E-state index contributed by atoms with van der Waals surface area (Å²) >= 11 is 1.41. The molecule has 1 rings (SSSR count). The SMILES string of the molecule is N#CSCCC1CCCCC1. The van der Waals surface area contributed by atoms with Crippen molar-refractivity contribution in [2.75, 3.05) is 5.75 Å². The van der Waals surface area contributed by atoms with E-state index in [4.69, 9.17) is 5.26 Å². The number of hydrogen-bond donors (Lipinski definition) is 0. The molecule has 0 unspecified atom stereocenters. The molecular formula is C9H15NS. The van der Waals surface area contributed by atoms with Gasteiger partial charge in [0.15, 0.2) is 0 Å². The summed E-state index contributed by atoms with van der Waals surface area (Å²) < 4.78 is 0. The van der Waals surface area contributed by atoms with Crippen LogP contribution >= 0.6 is 11.8 Å². The summed E-state index contributed by atoms with van der Waals surface area (Å²) in [5.41, 5.74) is 0. The molecule has 1 nitrogen and oxygen atoms in total. The molecule has 0 heterocycles. The number of hydrogen-bond acceptors (Lipinski definition) is 2. The Labute approximate surface area is 73.2 Å². The Morgan fingerprint density at radius 3 is 2.64 bits per heavy atom. The lowest BCUT2D eigenvalue weighted by atomic mass is 9.88. The van der Waals surface area contributed by atoms with Gasteiger partial charge in [-0.25, -0.2) is 0 Å². The van der Waals surface area contributed by atoms with E-state index in [-0.39, 0.29) is 0 Å². The fraction of sp³-hybridized carbons (Fsp3) is 0.889. The maximum Gasteiger partial charge on any atom is 0.133 e. The molecule has 1 saturated carbocycles. The zero-order valence-corrected chi connectivity index (χ0v) is 7.70. The van der Waals surface area contributed by atoms with Gasteiger partial charge in [-0.2, -0.15) is 5.26 Å². The first kappa shape index (κ1) is 8.93. The normalized spacial score (nSPS) is 19.5. The van der Waals surface area contributed by atoms with Crippen LogP contribution < -0.4 is 0 Å². The van der Waals surface area contributed by atoms with Crippen molar-refractivity contribution >= 4 is 11.8 Å². The lowest BCUT2D eigenvalue weighted by Crippen LogP contribution is -2.06. The van der Waals surface area contributed by atoms with Crippen molar-refractivity contribution in [1.82, 2.24) is 0 Å². The molecule has 0 aliphatic heterocycles. The molecule has 0 amide bonds. The van der Waals surface area contributed by atoms with Gasteiger partial charge in [0.05, 0.1) is 0 Å². The maximum atomic E-state index is 8.31. The molecule has 11 heavy (non-hydrogen) atoms. The topological polar surface area (TPSA) is 23.8 Å². The third-order valence-electron chi connectivity index (χ3n) is 2.42. The number of nitriles is 1. The standard InChI is InChI=1S/C9H15NS/c10-8-11-7-6-9-4-2-1-3-5-9/h9H,1-7H2. The first-order valence-corrected chi connectivity index (χ1v) is 5.43. The maximum absolute atomic E-state index is 8.31. The van der Waals surface area contributed by atoms with Crippen molar-refractivity contribution in [3.05, 3.63) is 0 Å². The highest BCUT2D eigenvalue weighted by molar-refractivity contribution is 8.03. The molecule has 0 aromatic carbocycles. The molecule has 0 atom stereocenters. The second-order valence-corrected chi connectivity index (χ2v) is 4.11. The van der Waals surface area contributed by atoms with E-state index < -0.39 is 0 Å². The zero-order valence-electron chi connectivity index (χ0n) is 6.88. The van der Waals surface area contributed by atoms with E-state index in [1.807, 2.05) is 0 Å². The van der Waals surface area contributed by atoms with Gasteiger partial charge < -0.3 is 0 Å². The fourth-order valence-corrected chi connectivity index (χ4v) is 2.29. The van der Waals surface area contributed by atoms with E-state index in [2.05, 4.69) is 5.40 Å². The second-order valence-electron chi connectivity index (χ2n) is 3.23. The average molecular weight is 169 g/mol. The number of nitrogens with zero attached hydrogens (tertiary/aromatic N) is 1. The van der Waals surface area contributed by atoms with E-state index in [0.717, 1.165) is 11.7 Å². The van der Waals surface area contributed by atoms with Gasteiger partial charge in [-0.1, -0.05) is 32.1 Å². The molecular weight excluding hydrogens is 154 g/mol. The molecule has 0 spiro atoms. The summed E-state index contributed by atoms with van der Waals surface area (Å²) in [6.07, 6.45) is 8.35. The average Bonchev–Trinajstić information content (AvgIpc) is 2.07. The Hall–Kier alpha value is -0.160. The minimum atomic E-state index is 0.935. The zero-order chi connectivity index (χ0) is 7.94. The van der Waals surface area contributed by atoms with Crippen LogP contribution in [0.2, 0.25) is 0 Å². The molecule has 2 heteroatoms. The number of thiocyanates is 1. The smallest absolute Gasteiger partial charge is 0.133 e. The van der Waals surface area contributed by atoms with E-state index in [9.17, 15) is 0 Å². The van der Waals surface area contributed by atoms with E-state index in [0.29, 0.717) is 0 Å². The largest absolute Gasteiger partial charge is 0.185 e. The van der Waals surface area contributed by atoms with Crippen molar-refractivity contribution in [1.29, 1.82) is 5.26 Å². The third kappa shape index (κ3) is 3.67. The first-order chi connectivity index (χ1) is 5.43. The number of rotatable bonds is 3. The molecule has 1 aliphatic rings. The van der Waals surface area contributed by atoms with Crippen LogP contribution in [0.5, 0.6) is 0 Å². The quantitative estimate of drug-likeness (QED) is 0.478. The van der Waals surface area contributed by atoms with Gasteiger partial charge in [0.25, 0.3) is 0 Å². The molecule has 0 N–H and O–H groups in total. The Kier molecular flexibility index (Phi) is 4.45. The monoisotopic (exact) mass is 169 g/mol. The Bertz CT molecular complexity index is 133. The van der Waals surface area contributed by atoms with Gasteiger partial charge in [-0.15, -0.1) is 0 Å². The minimum absolute atomic E-state index is 0.935. The third-order valence-corrected chi connectivity index (χ3v) is 2.99. The van der Waals surface area contributed by atoms with Crippen LogP contribution in [0.3, 0.4) is 0 Å². The Balaban J connectivity index is 2.01.